The van der Waals surface area contributed by atoms with Gasteiger partial charge < -0.3 is 4.74 Å². The van der Waals surface area contributed by atoms with Gasteiger partial charge >= 0.3 is 0 Å². The fraction of sp³-hybridized carbons (Fsp3) is 0.333. The van der Waals surface area contributed by atoms with Crippen LogP contribution in [0.15, 0.2) is 23.2 Å². The molecule has 0 aromatic heterocycles. The maximum Gasteiger partial charge on any atom is 0.0992 e. The number of hydrogen-bond acceptors (Lipinski definition) is 3. The summed E-state index contributed by atoms with van der Waals surface area (Å²) in [6.45, 7) is 2.00. The summed E-state index contributed by atoms with van der Waals surface area (Å²) in [6.07, 6.45) is 0.942. The molecule has 0 atom stereocenters. The highest BCUT2D eigenvalue weighted by molar-refractivity contribution is 6.34. The summed E-state index contributed by atoms with van der Waals surface area (Å²) in [5.41, 5.74) is 2.29. The molecule has 0 aliphatic carbocycles. The lowest BCUT2D eigenvalue weighted by molar-refractivity contribution is 0.176. The van der Waals surface area contributed by atoms with Crippen LogP contribution in [0.5, 0.6) is 0 Å². The second-order valence-electron chi connectivity index (χ2n) is 3.54. The SMILES string of the molecule is N#Cc1ccc(C2=NCCCOC2)c(Cl)c1. The van der Waals surface area contributed by atoms with Crippen LogP contribution < -0.4 is 0 Å². The molecule has 82 valence electrons. The second kappa shape index (κ2) is 5.11. The lowest BCUT2D eigenvalue weighted by Crippen LogP contribution is -2.09. The molecule has 3 nitrogen and oxygen atoms in total. The minimum absolute atomic E-state index is 0.492. The Hall–Kier alpha value is -1.37. The van der Waals surface area contributed by atoms with Gasteiger partial charge in [0.05, 0.1) is 29.0 Å². The van der Waals surface area contributed by atoms with Gasteiger partial charge in [0.2, 0.25) is 0 Å². The standard InChI is InChI=1S/C12H11ClN2O/c13-11-6-9(7-14)2-3-10(11)12-8-16-5-1-4-15-12/h2-3,6H,1,4-5,8H2. The summed E-state index contributed by atoms with van der Waals surface area (Å²) >= 11 is 6.11. The Balaban J connectivity index is 2.33. The van der Waals surface area contributed by atoms with Gasteiger partial charge in [-0.15, -0.1) is 0 Å². The highest BCUT2D eigenvalue weighted by atomic mass is 35.5. The fourth-order valence-electron chi connectivity index (χ4n) is 1.58. The van der Waals surface area contributed by atoms with Crippen molar-refractivity contribution < 1.29 is 4.74 Å². The van der Waals surface area contributed by atoms with Crippen molar-refractivity contribution in [1.29, 1.82) is 5.26 Å². The molecule has 0 unspecified atom stereocenters. The molecule has 1 aliphatic heterocycles. The van der Waals surface area contributed by atoms with Crippen molar-refractivity contribution in [2.24, 2.45) is 4.99 Å². The summed E-state index contributed by atoms with van der Waals surface area (Å²) in [5, 5.41) is 9.30. The molecule has 4 heteroatoms. The van der Waals surface area contributed by atoms with Gasteiger partial charge in [-0.25, -0.2) is 0 Å². The number of benzene rings is 1. The van der Waals surface area contributed by atoms with E-state index in [1.54, 1.807) is 12.1 Å². The van der Waals surface area contributed by atoms with Crippen LogP contribution in [0, 0.1) is 11.3 Å². The largest absolute Gasteiger partial charge is 0.375 e. The molecule has 1 heterocycles. The van der Waals surface area contributed by atoms with Crippen LogP contribution in [0.3, 0.4) is 0 Å². The van der Waals surface area contributed by atoms with E-state index in [-0.39, 0.29) is 0 Å². The van der Waals surface area contributed by atoms with Crippen molar-refractivity contribution in [2.75, 3.05) is 19.8 Å². The lowest BCUT2D eigenvalue weighted by Gasteiger charge is -2.06. The van der Waals surface area contributed by atoms with Crippen molar-refractivity contribution >= 4 is 17.3 Å². The molecule has 0 bridgehead atoms. The fourth-order valence-corrected chi connectivity index (χ4v) is 1.87. The molecule has 0 N–H and O–H groups in total. The number of ether oxygens (including phenoxy) is 1. The van der Waals surface area contributed by atoms with E-state index in [4.69, 9.17) is 21.6 Å². The average Bonchev–Trinajstić information content (AvgIpc) is 2.57. The van der Waals surface area contributed by atoms with E-state index in [0.717, 1.165) is 30.8 Å². The molecule has 0 amide bonds. The van der Waals surface area contributed by atoms with Gasteiger partial charge in [0, 0.05) is 18.7 Å². The van der Waals surface area contributed by atoms with Gasteiger partial charge in [-0.2, -0.15) is 5.26 Å². The van der Waals surface area contributed by atoms with Gasteiger partial charge in [0.1, 0.15) is 0 Å². The van der Waals surface area contributed by atoms with Crippen molar-refractivity contribution in [3.63, 3.8) is 0 Å². The summed E-state index contributed by atoms with van der Waals surface area (Å²) in [6, 6.07) is 7.28. The Morgan fingerprint density at radius 1 is 1.44 bits per heavy atom. The maximum atomic E-state index is 8.74. The van der Waals surface area contributed by atoms with E-state index >= 15 is 0 Å². The Morgan fingerprint density at radius 3 is 3.06 bits per heavy atom. The number of nitriles is 1. The Morgan fingerprint density at radius 2 is 2.31 bits per heavy atom. The number of rotatable bonds is 1. The predicted octanol–water partition coefficient (Wildman–Crippen LogP) is 2.42. The van der Waals surface area contributed by atoms with Gasteiger partial charge in [-0.3, -0.25) is 4.99 Å². The number of aliphatic imine (C=N–C) groups is 1. The third-order valence-electron chi connectivity index (χ3n) is 2.40. The average molecular weight is 235 g/mol. The van der Waals surface area contributed by atoms with Gasteiger partial charge in [-0.1, -0.05) is 17.7 Å². The zero-order valence-corrected chi connectivity index (χ0v) is 9.50. The quantitative estimate of drug-likeness (QED) is 0.749. The third-order valence-corrected chi connectivity index (χ3v) is 2.71. The normalized spacial score (nSPS) is 16.1. The van der Waals surface area contributed by atoms with E-state index in [9.17, 15) is 0 Å². The summed E-state index contributed by atoms with van der Waals surface area (Å²) in [4.78, 5) is 4.43. The lowest BCUT2D eigenvalue weighted by atomic mass is 10.1. The van der Waals surface area contributed by atoms with E-state index in [1.165, 1.54) is 0 Å². The first-order valence-corrected chi connectivity index (χ1v) is 5.50. The Labute approximate surface area is 99.3 Å². The smallest absolute Gasteiger partial charge is 0.0992 e. The number of halogens is 1. The summed E-state index contributed by atoms with van der Waals surface area (Å²) < 4.78 is 5.42. The van der Waals surface area contributed by atoms with E-state index in [2.05, 4.69) is 11.1 Å². The van der Waals surface area contributed by atoms with Crippen molar-refractivity contribution in [1.82, 2.24) is 0 Å². The topological polar surface area (TPSA) is 45.4 Å². The molecule has 0 fully saturated rings. The number of nitrogens with zero attached hydrogens (tertiary/aromatic N) is 2. The van der Waals surface area contributed by atoms with E-state index in [1.807, 2.05) is 6.07 Å². The minimum Gasteiger partial charge on any atom is -0.375 e. The molecule has 1 aliphatic rings. The van der Waals surface area contributed by atoms with Gasteiger partial charge in [-0.05, 0) is 18.6 Å². The zero-order valence-electron chi connectivity index (χ0n) is 8.74. The summed E-state index contributed by atoms with van der Waals surface area (Å²) in [5.74, 6) is 0. The summed E-state index contributed by atoms with van der Waals surface area (Å²) in [7, 11) is 0. The van der Waals surface area contributed by atoms with Gasteiger partial charge in [0.25, 0.3) is 0 Å². The van der Waals surface area contributed by atoms with Crippen molar-refractivity contribution in [2.45, 2.75) is 6.42 Å². The van der Waals surface area contributed by atoms with Crippen LogP contribution in [0.1, 0.15) is 17.5 Å². The van der Waals surface area contributed by atoms with Crippen molar-refractivity contribution in [3.05, 3.63) is 34.3 Å². The first-order chi connectivity index (χ1) is 7.81. The highest BCUT2D eigenvalue weighted by Crippen LogP contribution is 2.19. The molecule has 1 aromatic rings. The second-order valence-corrected chi connectivity index (χ2v) is 3.95. The van der Waals surface area contributed by atoms with Crippen molar-refractivity contribution in [3.8, 4) is 6.07 Å². The Kier molecular flexibility index (Phi) is 3.55. The van der Waals surface area contributed by atoms with Crippen LogP contribution in [0.25, 0.3) is 0 Å². The van der Waals surface area contributed by atoms with Crippen LogP contribution in [0.4, 0.5) is 0 Å². The molecule has 2 rings (SSSR count). The molecule has 0 spiro atoms. The van der Waals surface area contributed by atoms with E-state index < -0.39 is 0 Å². The molecule has 0 saturated carbocycles. The van der Waals surface area contributed by atoms with Crippen LogP contribution in [0.2, 0.25) is 5.02 Å². The zero-order chi connectivity index (χ0) is 11.4. The van der Waals surface area contributed by atoms with Gasteiger partial charge in [0.15, 0.2) is 0 Å². The predicted molar refractivity (Wildman–Crippen MR) is 63.0 cm³/mol. The number of hydrogen-bond donors (Lipinski definition) is 0. The Bertz CT molecular complexity index is 463. The molecule has 0 radical (unpaired) electrons. The van der Waals surface area contributed by atoms with Crippen LogP contribution in [-0.2, 0) is 4.74 Å². The third kappa shape index (κ3) is 2.41. The molecule has 16 heavy (non-hydrogen) atoms. The molecule has 0 saturated heterocycles. The molecule has 1 aromatic carbocycles. The first kappa shape index (κ1) is 11.1. The maximum absolute atomic E-state index is 8.74. The molecular formula is C12H11ClN2O. The first-order valence-electron chi connectivity index (χ1n) is 5.12. The van der Waals surface area contributed by atoms with Crippen LogP contribution >= 0.6 is 11.6 Å². The van der Waals surface area contributed by atoms with E-state index in [0.29, 0.717) is 17.2 Å². The highest BCUT2D eigenvalue weighted by Gasteiger charge is 2.11. The minimum atomic E-state index is 0.492. The molecular weight excluding hydrogens is 224 g/mol. The van der Waals surface area contributed by atoms with Crippen LogP contribution in [-0.4, -0.2) is 25.5 Å². The monoisotopic (exact) mass is 234 g/mol.